The zero-order chi connectivity index (χ0) is 22.8. The van der Waals surface area contributed by atoms with E-state index in [-0.39, 0.29) is 6.04 Å². The molecule has 4 heterocycles. The second-order valence-corrected chi connectivity index (χ2v) is 9.38. The average molecular weight is 459 g/mol. The molecule has 33 heavy (non-hydrogen) atoms. The van der Waals surface area contributed by atoms with E-state index in [9.17, 15) is 0 Å². The van der Waals surface area contributed by atoms with Crippen molar-refractivity contribution in [3.63, 3.8) is 0 Å². The molecule has 170 valence electrons. The number of nitrogens with zero attached hydrogens (tertiary/aromatic N) is 2. The van der Waals surface area contributed by atoms with Crippen molar-refractivity contribution in [2.75, 3.05) is 25.5 Å². The number of rotatable bonds is 6. The molecule has 1 unspecified atom stereocenters. The highest BCUT2D eigenvalue weighted by Gasteiger charge is 2.43. The Kier molecular flexibility index (Phi) is 6.29. The number of fused-ring (bicyclic) bond motifs is 4. The molecule has 0 amide bonds. The second kappa shape index (κ2) is 9.49. The summed E-state index contributed by atoms with van der Waals surface area (Å²) in [6.45, 7) is 6.26. The van der Waals surface area contributed by atoms with Gasteiger partial charge in [-0.25, -0.2) is 0 Å². The molecule has 2 bridgehead atoms. The molecule has 0 saturated carbocycles. The van der Waals surface area contributed by atoms with E-state index >= 15 is 0 Å². The normalized spacial score (nSPS) is 24.8. The predicted molar refractivity (Wildman–Crippen MR) is 139 cm³/mol. The van der Waals surface area contributed by atoms with Crippen molar-refractivity contribution in [2.45, 2.75) is 24.9 Å². The van der Waals surface area contributed by atoms with Gasteiger partial charge in [-0.3, -0.25) is 9.88 Å². The van der Waals surface area contributed by atoms with E-state index in [1.54, 1.807) is 7.11 Å². The molecule has 3 aliphatic rings. The van der Waals surface area contributed by atoms with Crippen LogP contribution in [0, 0.1) is 11.8 Å². The van der Waals surface area contributed by atoms with Crippen molar-refractivity contribution in [1.82, 2.24) is 15.2 Å². The highest BCUT2D eigenvalue weighted by Crippen LogP contribution is 2.42. The van der Waals surface area contributed by atoms with Crippen molar-refractivity contribution in [3.8, 4) is 5.75 Å². The Morgan fingerprint density at radius 3 is 2.82 bits per heavy atom. The Morgan fingerprint density at radius 1 is 1.24 bits per heavy atom. The van der Waals surface area contributed by atoms with Gasteiger partial charge in [0.1, 0.15) is 5.75 Å². The SMILES string of the molecule is C=C[C@H]1CN2CC[C@H]1C[C@@H]2[C@@H](NC(=S)Nc1ccccc1)c1ccnc2ccc(OC)cc12. The molecule has 0 radical (unpaired) electrons. The van der Waals surface area contributed by atoms with Gasteiger partial charge in [0.2, 0.25) is 0 Å². The highest BCUT2D eigenvalue weighted by atomic mass is 32.1. The van der Waals surface area contributed by atoms with Crippen LogP contribution in [-0.2, 0) is 0 Å². The van der Waals surface area contributed by atoms with Crippen LogP contribution in [0.3, 0.4) is 0 Å². The molecule has 5 nitrogen and oxygen atoms in total. The van der Waals surface area contributed by atoms with Gasteiger partial charge in [0.15, 0.2) is 5.11 Å². The lowest BCUT2D eigenvalue weighted by Crippen LogP contribution is -2.57. The number of benzene rings is 2. The van der Waals surface area contributed by atoms with E-state index in [2.05, 4.69) is 45.3 Å². The molecular formula is C27H30N4OS. The number of ether oxygens (including phenoxy) is 1. The van der Waals surface area contributed by atoms with E-state index in [0.29, 0.717) is 23.0 Å². The summed E-state index contributed by atoms with van der Waals surface area (Å²) in [4.78, 5) is 7.22. The quantitative estimate of drug-likeness (QED) is 0.393. The van der Waals surface area contributed by atoms with Gasteiger partial charge >= 0.3 is 0 Å². The molecule has 0 spiro atoms. The van der Waals surface area contributed by atoms with Crippen LogP contribution >= 0.6 is 12.2 Å². The number of anilines is 1. The first-order chi connectivity index (χ1) is 16.2. The number of thiocarbonyl (C=S) groups is 1. The summed E-state index contributed by atoms with van der Waals surface area (Å²) in [7, 11) is 1.70. The lowest BCUT2D eigenvalue weighted by atomic mass is 9.73. The number of hydrogen-bond donors (Lipinski definition) is 2. The molecule has 5 atom stereocenters. The molecule has 3 saturated heterocycles. The van der Waals surface area contributed by atoms with Gasteiger partial charge in [-0.15, -0.1) is 6.58 Å². The van der Waals surface area contributed by atoms with Gasteiger partial charge in [-0.05, 0) is 85.4 Å². The van der Waals surface area contributed by atoms with E-state index in [1.165, 1.54) is 12.0 Å². The average Bonchev–Trinajstić information content (AvgIpc) is 2.87. The molecular weight excluding hydrogens is 428 g/mol. The summed E-state index contributed by atoms with van der Waals surface area (Å²) in [6, 6.07) is 18.6. The third-order valence-electron chi connectivity index (χ3n) is 7.17. The zero-order valence-corrected chi connectivity index (χ0v) is 19.7. The first kappa shape index (κ1) is 21.9. The third-order valence-corrected chi connectivity index (χ3v) is 7.39. The standard InChI is InChI=1S/C27H30N4OS/c1-3-18-17-31-14-12-19(18)15-25(31)26(30-27(33)29-20-7-5-4-6-8-20)22-11-13-28-24-10-9-21(32-2)16-23(22)24/h3-11,13,16,18-19,25-26H,1,12,14-15,17H2,2H3,(H2,29,30,33)/t18-,19-,25+,26-/m0/s1. The van der Waals surface area contributed by atoms with Crippen LogP contribution in [0.15, 0.2) is 73.4 Å². The molecule has 6 rings (SSSR count). The highest BCUT2D eigenvalue weighted by molar-refractivity contribution is 7.80. The van der Waals surface area contributed by atoms with Gasteiger partial charge in [0.05, 0.1) is 18.7 Å². The monoisotopic (exact) mass is 458 g/mol. The van der Waals surface area contributed by atoms with E-state index in [1.807, 2.05) is 48.7 Å². The van der Waals surface area contributed by atoms with Crippen LogP contribution in [0.4, 0.5) is 5.69 Å². The van der Waals surface area contributed by atoms with Crippen LogP contribution < -0.4 is 15.4 Å². The van der Waals surface area contributed by atoms with Gasteiger partial charge in [-0.2, -0.15) is 0 Å². The maximum Gasteiger partial charge on any atom is 0.171 e. The number of para-hydroxylation sites is 1. The van der Waals surface area contributed by atoms with Crippen LogP contribution in [0.2, 0.25) is 0 Å². The lowest BCUT2D eigenvalue weighted by Gasteiger charge is -2.52. The van der Waals surface area contributed by atoms with Gasteiger partial charge in [0, 0.05) is 29.9 Å². The summed E-state index contributed by atoms with van der Waals surface area (Å²) in [5, 5.41) is 8.77. The molecule has 3 aromatic rings. The number of methoxy groups -OCH3 is 1. The van der Waals surface area contributed by atoms with E-state index in [4.69, 9.17) is 17.0 Å². The Morgan fingerprint density at radius 2 is 2.09 bits per heavy atom. The minimum absolute atomic E-state index is 0.0277. The van der Waals surface area contributed by atoms with Crippen molar-refractivity contribution in [1.29, 1.82) is 0 Å². The summed E-state index contributed by atoms with van der Waals surface area (Å²) >= 11 is 5.79. The van der Waals surface area contributed by atoms with Gasteiger partial charge < -0.3 is 15.4 Å². The van der Waals surface area contributed by atoms with E-state index < -0.39 is 0 Å². The molecule has 2 aromatic carbocycles. The molecule has 2 N–H and O–H groups in total. The first-order valence-corrected chi connectivity index (χ1v) is 12.0. The summed E-state index contributed by atoms with van der Waals surface area (Å²) in [6.07, 6.45) is 6.40. The molecule has 3 aliphatic heterocycles. The molecule has 1 aromatic heterocycles. The number of nitrogens with one attached hydrogen (secondary N) is 2. The Labute approximate surface area is 200 Å². The molecule has 6 heteroatoms. The summed E-state index contributed by atoms with van der Waals surface area (Å²) in [5.74, 6) is 2.07. The first-order valence-electron chi connectivity index (χ1n) is 11.6. The van der Waals surface area contributed by atoms with Crippen molar-refractivity contribution < 1.29 is 4.74 Å². The van der Waals surface area contributed by atoms with Crippen LogP contribution in [-0.4, -0.2) is 41.2 Å². The van der Waals surface area contributed by atoms with Gasteiger partial charge in [0.25, 0.3) is 0 Å². The largest absolute Gasteiger partial charge is 0.497 e. The number of hydrogen-bond acceptors (Lipinski definition) is 4. The van der Waals surface area contributed by atoms with E-state index in [0.717, 1.165) is 41.9 Å². The van der Waals surface area contributed by atoms with Crippen molar-refractivity contribution in [2.24, 2.45) is 11.8 Å². The summed E-state index contributed by atoms with van der Waals surface area (Å²) < 4.78 is 5.53. The topological polar surface area (TPSA) is 49.4 Å². The van der Waals surface area contributed by atoms with Crippen LogP contribution in [0.25, 0.3) is 10.9 Å². The minimum atomic E-state index is 0.0277. The lowest BCUT2D eigenvalue weighted by molar-refractivity contribution is 0.00443. The Balaban J connectivity index is 1.51. The van der Waals surface area contributed by atoms with Crippen molar-refractivity contribution in [3.05, 3.63) is 79.0 Å². The minimum Gasteiger partial charge on any atom is -0.497 e. The zero-order valence-electron chi connectivity index (χ0n) is 18.9. The van der Waals surface area contributed by atoms with Crippen LogP contribution in [0.1, 0.15) is 24.4 Å². The number of pyridine rings is 1. The predicted octanol–water partition coefficient (Wildman–Crippen LogP) is 5.17. The van der Waals surface area contributed by atoms with Crippen molar-refractivity contribution >= 4 is 33.9 Å². The number of aromatic nitrogens is 1. The molecule has 0 aliphatic carbocycles. The maximum absolute atomic E-state index is 5.79. The fraction of sp³-hybridized carbons (Fsp3) is 0.333. The molecule has 3 fully saturated rings. The fourth-order valence-electron chi connectivity index (χ4n) is 5.48. The number of piperidine rings is 3. The van der Waals surface area contributed by atoms with Crippen LogP contribution in [0.5, 0.6) is 5.75 Å². The smallest absolute Gasteiger partial charge is 0.171 e. The second-order valence-electron chi connectivity index (χ2n) is 8.97. The third kappa shape index (κ3) is 4.45. The fourth-order valence-corrected chi connectivity index (χ4v) is 5.72. The Hall–Kier alpha value is -2.96. The maximum atomic E-state index is 5.79. The summed E-state index contributed by atoms with van der Waals surface area (Å²) in [5.41, 5.74) is 3.14. The Bertz CT molecular complexity index is 1150. The van der Waals surface area contributed by atoms with Gasteiger partial charge in [-0.1, -0.05) is 24.3 Å².